The molecule has 5 heteroatoms. The largest absolute Gasteiger partial charge is 0.496 e. The molecule has 1 aliphatic rings. The van der Waals surface area contributed by atoms with Gasteiger partial charge < -0.3 is 14.4 Å². The fraction of sp³-hybridized carbons (Fsp3) is 0.478. The number of ketones is 1. The van der Waals surface area contributed by atoms with Gasteiger partial charge in [-0.15, -0.1) is 0 Å². The van der Waals surface area contributed by atoms with Crippen LogP contribution in [0.1, 0.15) is 66.2 Å². The standard InChI is InChI=1S/C23H29NO4/c1-4-5-6-7-8-9-14-28-20-13-10-16-18(25)15-24(2)23(26)17-11-12-19(27-3)22(20)21(16)17/h10-13H,4-9,14-15H2,1-3H3. The third kappa shape index (κ3) is 3.98. The molecule has 0 saturated carbocycles. The van der Waals surface area contributed by atoms with Crippen LogP contribution in [0.3, 0.4) is 0 Å². The SMILES string of the molecule is CCCCCCCCOc1ccc2c3c(ccc(OC)c13)C(=O)N(C)CC2=O. The fourth-order valence-corrected chi connectivity index (χ4v) is 3.78. The highest BCUT2D eigenvalue weighted by atomic mass is 16.5. The first-order valence-corrected chi connectivity index (χ1v) is 10.1. The highest BCUT2D eigenvalue weighted by molar-refractivity contribution is 6.21. The van der Waals surface area contributed by atoms with Crippen molar-refractivity contribution in [3.05, 3.63) is 35.4 Å². The molecule has 0 saturated heterocycles. The van der Waals surface area contributed by atoms with Gasteiger partial charge in [0.1, 0.15) is 11.5 Å². The molecule has 28 heavy (non-hydrogen) atoms. The number of Topliss-reactive ketones (excluding diaryl/α,β-unsaturated/α-hetero) is 1. The van der Waals surface area contributed by atoms with E-state index in [4.69, 9.17) is 9.47 Å². The molecule has 0 N–H and O–H groups in total. The zero-order chi connectivity index (χ0) is 20.1. The smallest absolute Gasteiger partial charge is 0.254 e. The van der Waals surface area contributed by atoms with Crippen molar-refractivity contribution in [1.29, 1.82) is 0 Å². The van der Waals surface area contributed by atoms with Gasteiger partial charge in [0.2, 0.25) is 0 Å². The van der Waals surface area contributed by atoms with Crippen molar-refractivity contribution in [1.82, 2.24) is 4.90 Å². The Morgan fingerprint density at radius 3 is 2.32 bits per heavy atom. The second kappa shape index (κ2) is 9.09. The van der Waals surface area contributed by atoms with E-state index in [1.807, 2.05) is 6.07 Å². The van der Waals surface area contributed by atoms with Crippen LogP contribution in [0.15, 0.2) is 24.3 Å². The topological polar surface area (TPSA) is 55.8 Å². The summed E-state index contributed by atoms with van der Waals surface area (Å²) in [5.74, 6) is 1.04. The van der Waals surface area contributed by atoms with Gasteiger partial charge in [0.25, 0.3) is 5.91 Å². The Hall–Kier alpha value is -2.56. The number of nitrogens with zero attached hydrogens (tertiary/aromatic N) is 1. The lowest BCUT2D eigenvalue weighted by Crippen LogP contribution is -2.29. The second-order valence-electron chi connectivity index (χ2n) is 7.38. The molecular weight excluding hydrogens is 354 g/mol. The van der Waals surface area contributed by atoms with Gasteiger partial charge in [-0.1, -0.05) is 39.0 Å². The zero-order valence-electron chi connectivity index (χ0n) is 17.0. The molecular formula is C23H29NO4. The molecule has 5 nitrogen and oxygen atoms in total. The van der Waals surface area contributed by atoms with E-state index in [9.17, 15) is 9.59 Å². The first-order chi connectivity index (χ1) is 13.6. The van der Waals surface area contributed by atoms with E-state index in [-0.39, 0.29) is 18.2 Å². The van der Waals surface area contributed by atoms with Crippen molar-refractivity contribution >= 4 is 22.5 Å². The van der Waals surface area contributed by atoms with Crippen LogP contribution in [-0.4, -0.2) is 43.9 Å². The Morgan fingerprint density at radius 1 is 0.893 bits per heavy atom. The number of hydrogen-bond acceptors (Lipinski definition) is 4. The molecule has 1 aliphatic heterocycles. The van der Waals surface area contributed by atoms with Crippen LogP contribution in [0, 0.1) is 0 Å². The molecule has 1 heterocycles. The molecule has 0 aromatic heterocycles. The number of rotatable bonds is 9. The number of methoxy groups -OCH3 is 1. The summed E-state index contributed by atoms with van der Waals surface area (Å²) in [6.07, 6.45) is 7.13. The van der Waals surface area contributed by atoms with Crippen LogP contribution < -0.4 is 9.47 Å². The summed E-state index contributed by atoms with van der Waals surface area (Å²) < 4.78 is 11.6. The quantitative estimate of drug-likeness (QED) is 0.581. The van der Waals surface area contributed by atoms with Gasteiger partial charge >= 0.3 is 0 Å². The van der Waals surface area contributed by atoms with Gasteiger partial charge in [-0.3, -0.25) is 9.59 Å². The summed E-state index contributed by atoms with van der Waals surface area (Å²) in [4.78, 5) is 26.9. The van der Waals surface area contributed by atoms with Crippen LogP contribution in [0.2, 0.25) is 0 Å². The Labute approximate surface area is 166 Å². The maximum absolute atomic E-state index is 12.8. The highest BCUT2D eigenvalue weighted by Crippen LogP contribution is 2.39. The third-order valence-electron chi connectivity index (χ3n) is 5.32. The van der Waals surface area contributed by atoms with E-state index >= 15 is 0 Å². The molecule has 0 unspecified atom stereocenters. The molecule has 0 bridgehead atoms. The second-order valence-corrected chi connectivity index (χ2v) is 7.38. The van der Waals surface area contributed by atoms with Gasteiger partial charge in [-0.25, -0.2) is 0 Å². The van der Waals surface area contributed by atoms with Crippen LogP contribution in [-0.2, 0) is 0 Å². The first kappa shape index (κ1) is 20.2. The van der Waals surface area contributed by atoms with Crippen LogP contribution >= 0.6 is 0 Å². The van der Waals surface area contributed by atoms with Crippen LogP contribution in [0.5, 0.6) is 11.5 Å². The minimum absolute atomic E-state index is 0.0723. The van der Waals surface area contributed by atoms with Gasteiger partial charge in [-0.2, -0.15) is 0 Å². The molecule has 3 rings (SSSR count). The summed E-state index contributed by atoms with van der Waals surface area (Å²) >= 11 is 0. The number of carbonyl (C=O) groups is 2. The Morgan fingerprint density at radius 2 is 1.57 bits per heavy atom. The molecule has 1 amide bonds. The van der Waals surface area contributed by atoms with E-state index in [1.54, 1.807) is 32.4 Å². The monoisotopic (exact) mass is 383 g/mol. The van der Waals surface area contributed by atoms with E-state index in [0.29, 0.717) is 40.0 Å². The molecule has 0 aliphatic carbocycles. The van der Waals surface area contributed by atoms with Crippen molar-refractivity contribution in [2.45, 2.75) is 45.4 Å². The summed E-state index contributed by atoms with van der Waals surface area (Å²) in [5, 5.41) is 1.35. The number of unbranched alkanes of at least 4 members (excludes halogenated alkanes) is 5. The summed E-state index contributed by atoms with van der Waals surface area (Å²) in [6.45, 7) is 2.89. The zero-order valence-corrected chi connectivity index (χ0v) is 17.0. The number of benzene rings is 2. The number of carbonyl (C=O) groups excluding carboxylic acids is 2. The van der Waals surface area contributed by atoms with Crippen molar-refractivity contribution in [2.75, 3.05) is 27.3 Å². The molecule has 0 atom stereocenters. The van der Waals surface area contributed by atoms with E-state index in [0.717, 1.165) is 12.8 Å². The van der Waals surface area contributed by atoms with Gasteiger partial charge in [0, 0.05) is 23.6 Å². The molecule has 2 aromatic rings. The maximum atomic E-state index is 12.8. The van der Waals surface area contributed by atoms with Gasteiger partial charge in [0.05, 0.1) is 25.6 Å². The normalized spacial score (nSPS) is 13.8. The average Bonchev–Trinajstić information content (AvgIpc) is 2.79. The minimum Gasteiger partial charge on any atom is -0.496 e. The summed E-state index contributed by atoms with van der Waals surface area (Å²) in [6, 6.07) is 7.12. The number of hydrogen-bond donors (Lipinski definition) is 0. The molecule has 2 aromatic carbocycles. The fourth-order valence-electron chi connectivity index (χ4n) is 3.78. The predicted molar refractivity (Wildman–Crippen MR) is 111 cm³/mol. The van der Waals surface area contributed by atoms with E-state index in [2.05, 4.69) is 6.92 Å². The highest BCUT2D eigenvalue weighted by Gasteiger charge is 2.28. The lowest BCUT2D eigenvalue weighted by Gasteiger charge is -2.16. The van der Waals surface area contributed by atoms with E-state index < -0.39 is 0 Å². The molecule has 0 radical (unpaired) electrons. The first-order valence-electron chi connectivity index (χ1n) is 10.1. The van der Waals surface area contributed by atoms with E-state index in [1.165, 1.54) is 30.6 Å². The maximum Gasteiger partial charge on any atom is 0.254 e. The summed E-state index contributed by atoms with van der Waals surface area (Å²) in [7, 11) is 3.24. The average molecular weight is 383 g/mol. The van der Waals surface area contributed by atoms with Crippen molar-refractivity contribution in [3.8, 4) is 11.5 Å². The minimum atomic E-state index is -0.159. The third-order valence-corrected chi connectivity index (χ3v) is 5.32. The lowest BCUT2D eigenvalue weighted by molar-refractivity contribution is 0.0755. The molecule has 0 fully saturated rings. The lowest BCUT2D eigenvalue weighted by atomic mass is 9.96. The molecule has 150 valence electrons. The Kier molecular flexibility index (Phi) is 6.55. The number of ether oxygens (including phenoxy) is 2. The van der Waals surface area contributed by atoms with Crippen LogP contribution in [0.25, 0.3) is 10.8 Å². The number of amides is 1. The van der Waals surface area contributed by atoms with Crippen LogP contribution in [0.4, 0.5) is 0 Å². The molecule has 0 spiro atoms. The number of likely N-dealkylation sites (N-methyl/N-ethyl adjacent to an activating group) is 1. The van der Waals surface area contributed by atoms with Gasteiger partial charge in [-0.05, 0) is 30.7 Å². The van der Waals surface area contributed by atoms with Gasteiger partial charge in [0.15, 0.2) is 5.78 Å². The Balaban J connectivity index is 1.92. The van der Waals surface area contributed by atoms with Crippen molar-refractivity contribution < 1.29 is 19.1 Å². The van der Waals surface area contributed by atoms with Crippen molar-refractivity contribution in [3.63, 3.8) is 0 Å². The summed E-state index contributed by atoms with van der Waals surface area (Å²) in [5.41, 5.74) is 1.07. The Bertz CT molecular complexity index is 875. The predicted octanol–water partition coefficient (Wildman–Crippen LogP) is 4.86. The van der Waals surface area contributed by atoms with Crippen molar-refractivity contribution in [2.24, 2.45) is 0 Å².